The van der Waals surface area contributed by atoms with Crippen LogP contribution in [-0.2, 0) is 7.05 Å². The van der Waals surface area contributed by atoms with E-state index in [1.807, 2.05) is 50.4 Å². The van der Waals surface area contributed by atoms with Crippen molar-refractivity contribution in [2.75, 3.05) is 12.4 Å². The van der Waals surface area contributed by atoms with E-state index in [0.29, 0.717) is 38.8 Å². The Labute approximate surface area is 173 Å². The van der Waals surface area contributed by atoms with Crippen molar-refractivity contribution in [3.05, 3.63) is 70.9 Å². The zero-order valence-corrected chi connectivity index (χ0v) is 17.0. The molecule has 2 aromatic heterocycles. The lowest BCUT2D eigenvalue weighted by Gasteiger charge is -2.11. The van der Waals surface area contributed by atoms with Gasteiger partial charge in [-0.15, -0.1) is 0 Å². The number of methoxy groups -OCH3 is 1. The van der Waals surface area contributed by atoms with Crippen LogP contribution in [0.4, 0.5) is 5.69 Å². The van der Waals surface area contributed by atoms with E-state index in [9.17, 15) is 4.79 Å². The van der Waals surface area contributed by atoms with Crippen LogP contribution in [0.3, 0.4) is 0 Å². The molecule has 0 fully saturated rings. The fraction of sp³-hybridized carbons (Fsp3) is 0.136. The SMILES string of the molecule is COc1cccc(-c2cc(C(=O)Nc3ccccc3Cl)c3c(C)nn(C)c3n2)c1. The summed E-state index contributed by atoms with van der Waals surface area (Å²) < 4.78 is 7.00. The molecule has 146 valence electrons. The molecular weight excluding hydrogens is 388 g/mol. The van der Waals surface area contributed by atoms with Crippen molar-refractivity contribution >= 4 is 34.2 Å². The van der Waals surface area contributed by atoms with Gasteiger partial charge in [0.25, 0.3) is 5.91 Å². The number of amides is 1. The molecule has 0 saturated heterocycles. The van der Waals surface area contributed by atoms with Crippen LogP contribution >= 0.6 is 11.6 Å². The summed E-state index contributed by atoms with van der Waals surface area (Å²) in [6, 6.07) is 16.5. The lowest BCUT2D eigenvalue weighted by molar-refractivity contribution is 0.102. The molecule has 1 amide bonds. The maximum atomic E-state index is 13.2. The van der Waals surface area contributed by atoms with Crippen molar-refractivity contribution in [1.29, 1.82) is 0 Å². The number of nitrogens with zero attached hydrogens (tertiary/aromatic N) is 3. The Balaban J connectivity index is 1.87. The Morgan fingerprint density at radius 3 is 2.69 bits per heavy atom. The number of hydrogen-bond acceptors (Lipinski definition) is 4. The summed E-state index contributed by atoms with van der Waals surface area (Å²) in [5, 5.41) is 8.53. The van der Waals surface area contributed by atoms with E-state index in [1.165, 1.54) is 0 Å². The second kappa shape index (κ2) is 7.56. The Hall–Kier alpha value is -3.38. The molecule has 0 aliphatic rings. The van der Waals surface area contributed by atoms with Gasteiger partial charge in [0.15, 0.2) is 5.65 Å². The summed E-state index contributed by atoms with van der Waals surface area (Å²) in [7, 11) is 3.43. The summed E-state index contributed by atoms with van der Waals surface area (Å²) in [6.45, 7) is 1.86. The highest BCUT2D eigenvalue weighted by molar-refractivity contribution is 6.34. The van der Waals surface area contributed by atoms with Crippen molar-refractivity contribution in [2.45, 2.75) is 6.92 Å². The third-order valence-electron chi connectivity index (χ3n) is 4.70. The van der Waals surface area contributed by atoms with E-state index in [2.05, 4.69) is 10.4 Å². The number of ether oxygens (including phenoxy) is 1. The van der Waals surface area contributed by atoms with Gasteiger partial charge in [-0.25, -0.2) is 4.98 Å². The first-order chi connectivity index (χ1) is 14.0. The minimum Gasteiger partial charge on any atom is -0.497 e. The van der Waals surface area contributed by atoms with Gasteiger partial charge in [0.1, 0.15) is 5.75 Å². The van der Waals surface area contributed by atoms with E-state index < -0.39 is 0 Å². The van der Waals surface area contributed by atoms with Gasteiger partial charge in [0, 0.05) is 12.6 Å². The Bertz CT molecular complexity index is 1230. The third-order valence-corrected chi connectivity index (χ3v) is 5.03. The first-order valence-corrected chi connectivity index (χ1v) is 9.40. The highest BCUT2D eigenvalue weighted by Gasteiger charge is 2.20. The summed E-state index contributed by atoms with van der Waals surface area (Å²) >= 11 is 6.21. The molecule has 0 unspecified atom stereocenters. The number of anilines is 1. The van der Waals surface area contributed by atoms with Gasteiger partial charge in [-0.05, 0) is 37.3 Å². The summed E-state index contributed by atoms with van der Waals surface area (Å²) in [4.78, 5) is 17.9. The Morgan fingerprint density at radius 1 is 1.14 bits per heavy atom. The predicted octanol–water partition coefficient (Wildman–Crippen LogP) is 4.86. The number of halogens is 1. The van der Waals surface area contributed by atoms with Crippen molar-refractivity contribution in [2.24, 2.45) is 7.05 Å². The average molecular weight is 407 g/mol. The molecule has 0 aliphatic carbocycles. The minimum atomic E-state index is -0.272. The number of para-hydroxylation sites is 1. The summed E-state index contributed by atoms with van der Waals surface area (Å²) in [6.07, 6.45) is 0. The number of aromatic nitrogens is 3. The summed E-state index contributed by atoms with van der Waals surface area (Å²) in [5.74, 6) is 0.443. The van der Waals surface area contributed by atoms with Crippen molar-refractivity contribution in [1.82, 2.24) is 14.8 Å². The molecule has 4 rings (SSSR count). The molecule has 0 spiro atoms. The quantitative estimate of drug-likeness (QED) is 0.525. The van der Waals surface area contributed by atoms with Crippen LogP contribution in [0.25, 0.3) is 22.3 Å². The van der Waals surface area contributed by atoms with E-state index in [4.69, 9.17) is 21.3 Å². The molecule has 7 heteroatoms. The molecule has 6 nitrogen and oxygen atoms in total. The van der Waals surface area contributed by atoms with Crippen LogP contribution < -0.4 is 10.1 Å². The average Bonchev–Trinajstić information content (AvgIpc) is 3.02. The second-order valence-corrected chi connectivity index (χ2v) is 7.04. The highest BCUT2D eigenvalue weighted by Crippen LogP contribution is 2.30. The first kappa shape index (κ1) is 19.0. The van der Waals surface area contributed by atoms with Gasteiger partial charge in [-0.3, -0.25) is 9.48 Å². The van der Waals surface area contributed by atoms with Gasteiger partial charge >= 0.3 is 0 Å². The maximum absolute atomic E-state index is 13.2. The standard InChI is InChI=1S/C22H19ClN4O2/c1-13-20-16(22(28)25-18-10-5-4-9-17(18)23)12-19(24-21(20)27(2)26-13)14-7-6-8-15(11-14)29-3/h4-12H,1-3H3,(H,25,28). The smallest absolute Gasteiger partial charge is 0.256 e. The second-order valence-electron chi connectivity index (χ2n) is 6.63. The molecule has 0 atom stereocenters. The fourth-order valence-electron chi connectivity index (χ4n) is 3.31. The zero-order chi connectivity index (χ0) is 20.5. The number of carbonyl (C=O) groups is 1. The van der Waals surface area contributed by atoms with Crippen LogP contribution in [0.15, 0.2) is 54.6 Å². The van der Waals surface area contributed by atoms with Gasteiger partial charge in [-0.2, -0.15) is 5.10 Å². The molecule has 0 aliphatic heterocycles. The molecule has 0 radical (unpaired) electrons. The van der Waals surface area contributed by atoms with Crippen LogP contribution in [-0.4, -0.2) is 27.8 Å². The van der Waals surface area contributed by atoms with Gasteiger partial charge < -0.3 is 10.1 Å². The zero-order valence-electron chi connectivity index (χ0n) is 16.2. The summed E-state index contributed by atoms with van der Waals surface area (Å²) in [5.41, 5.74) is 3.90. The highest BCUT2D eigenvalue weighted by atomic mass is 35.5. The Morgan fingerprint density at radius 2 is 1.93 bits per heavy atom. The van der Waals surface area contributed by atoms with Crippen molar-refractivity contribution in [3.63, 3.8) is 0 Å². The maximum Gasteiger partial charge on any atom is 0.256 e. The van der Waals surface area contributed by atoms with E-state index in [0.717, 1.165) is 11.3 Å². The van der Waals surface area contributed by atoms with Crippen LogP contribution in [0.5, 0.6) is 5.75 Å². The lowest BCUT2D eigenvalue weighted by atomic mass is 10.0. The molecular formula is C22H19ClN4O2. The van der Waals surface area contributed by atoms with Gasteiger partial charge in [0.05, 0.1) is 40.2 Å². The molecule has 0 bridgehead atoms. The minimum absolute atomic E-state index is 0.272. The van der Waals surface area contributed by atoms with Crippen LogP contribution in [0.2, 0.25) is 5.02 Å². The van der Waals surface area contributed by atoms with E-state index in [1.54, 1.807) is 30.0 Å². The number of fused-ring (bicyclic) bond motifs is 1. The number of aryl methyl sites for hydroxylation is 2. The number of carbonyl (C=O) groups excluding carboxylic acids is 1. The lowest BCUT2D eigenvalue weighted by Crippen LogP contribution is -2.13. The molecule has 1 N–H and O–H groups in total. The van der Waals surface area contributed by atoms with Crippen LogP contribution in [0, 0.1) is 6.92 Å². The van der Waals surface area contributed by atoms with Gasteiger partial charge in [0.2, 0.25) is 0 Å². The van der Waals surface area contributed by atoms with Crippen molar-refractivity contribution in [3.8, 4) is 17.0 Å². The number of benzene rings is 2. The molecule has 0 saturated carbocycles. The van der Waals surface area contributed by atoms with Crippen LogP contribution in [0.1, 0.15) is 16.1 Å². The number of nitrogens with one attached hydrogen (secondary N) is 1. The largest absolute Gasteiger partial charge is 0.497 e. The Kier molecular flexibility index (Phi) is 4.94. The molecule has 4 aromatic rings. The van der Waals surface area contributed by atoms with Gasteiger partial charge in [-0.1, -0.05) is 35.9 Å². The topological polar surface area (TPSA) is 69.0 Å². The number of pyridine rings is 1. The van der Waals surface area contributed by atoms with E-state index >= 15 is 0 Å². The normalized spacial score (nSPS) is 10.9. The number of rotatable bonds is 4. The first-order valence-electron chi connectivity index (χ1n) is 9.02. The van der Waals surface area contributed by atoms with E-state index in [-0.39, 0.29) is 5.91 Å². The predicted molar refractivity (Wildman–Crippen MR) is 115 cm³/mol. The molecule has 2 aromatic carbocycles. The van der Waals surface area contributed by atoms with Crippen molar-refractivity contribution < 1.29 is 9.53 Å². The fourth-order valence-corrected chi connectivity index (χ4v) is 3.49. The molecule has 2 heterocycles. The molecule has 29 heavy (non-hydrogen) atoms. The third kappa shape index (κ3) is 3.54. The monoisotopic (exact) mass is 406 g/mol. The number of hydrogen-bond donors (Lipinski definition) is 1.